The molecule has 47 heavy (non-hydrogen) atoms. The Hall–Kier alpha value is -6.22. The Balaban J connectivity index is 1.22. The van der Waals surface area contributed by atoms with Crippen molar-refractivity contribution in [2.75, 3.05) is 7.05 Å². The number of nitriles is 1. The summed E-state index contributed by atoms with van der Waals surface area (Å²) in [6, 6.07) is 49.6. The van der Waals surface area contributed by atoms with E-state index >= 15 is 0 Å². The van der Waals surface area contributed by atoms with Gasteiger partial charge in [-0.15, -0.1) is 0 Å². The molecule has 0 aliphatic rings. The molecule has 1 atom stereocenters. The second-order valence-corrected chi connectivity index (χ2v) is 11.6. The minimum Gasteiger partial charge on any atom is -0.454 e. The van der Waals surface area contributed by atoms with Crippen LogP contribution in [-0.2, 0) is 0 Å². The number of aromatic nitrogens is 1. The summed E-state index contributed by atoms with van der Waals surface area (Å²) in [7, 11) is 1.94. The predicted molar refractivity (Wildman–Crippen MR) is 193 cm³/mol. The maximum absolute atomic E-state index is 9.56. The SMILES string of the molecule is CNC(/C=C(\N=C\c1ccc(-n2c3ccccc3c3ccc4c5ccccc5oc4c32)cc1)c1cccc(C#N)c1)c1ccccc1. The van der Waals surface area contributed by atoms with E-state index in [1.54, 1.807) is 0 Å². The first-order valence-electron chi connectivity index (χ1n) is 15.6. The van der Waals surface area contributed by atoms with E-state index in [0.29, 0.717) is 5.56 Å². The van der Waals surface area contributed by atoms with Gasteiger partial charge in [-0.25, -0.2) is 0 Å². The molecule has 0 saturated heterocycles. The number of aliphatic imine (C=N–C) groups is 1. The molecule has 2 aromatic heterocycles. The van der Waals surface area contributed by atoms with E-state index in [1.807, 2.05) is 67.9 Å². The zero-order valence-electron chi connectivity index (χ0n) is 25.8. The molecule has 5 heteroatoms. The van der Waals surface area contributed by atoms with Crippen LogP contribution in [0.5, 0.6) is 0 Å². The van der Waals surface area contributed by atoms with E-state index < -0.39 is 0 Å². The van der Waals surface area contributed by atoms with Gasteiger partial charge in [-0.1, -0.05) is 97.1 Å². The number of fused-ring (bicyclic) bond motifs is 7. The number of hydrogen-bond donors (Lipinski definition) is 1. The lowest BCUT2D eigenvalue weighted by Gasteiger charge is -2.14. The normalized spacial score (nSPS) is 12.8. The highest BCUT2D eigenvalue weighted by Crippen LogP contribution is 2.40. The van der Waals surface area contributed by atoms with Crippen LogP contribution < -0.4 is 5.32 Å². The maximum atomic E-state index is 9.56. The molecule has 0 spiro atoms. The average Bonchev–Trinajstić information content (AvgIpc) is 3.68. The summed E-state index contributed by atoms with van der Waals surface area (Å²) in [4.78, 5) is 4.98. The third-order valence-electron chi connectivity index (χ3n) is 8.77. The van der Waals surface area contributed by atoms with Crippen molar-refractivity contribution < 1.29 is 4.42 Å². The van der Waals surface area contributed by atoms with Crippen molar-refractivity contribution in [3.8, 4) is 11.8 Å². The van der Waals surface area contributed by atoms with Crippen LogP contribution in [0.4, 0.5) is 0 Å². The predicted octanol–water partition coefficient (Wildman–Crippen LogP) is 9.98. The van der Waals surface area contributed by atoms with Gasteiger partial charge in [0.05, 0.1) is 34.4 Å². The molecule has 8 aromatic rings. The van der Waals surface area contributed by atoms with E-state index in [-0.39, 0.29) is 6.04 Å². The van der Waals surface area contributed by atoms with Gasteiger partial charge in [0.2, 0.25) is 0 Å². The minimum absolute atomic E-state index is 0.0538. The highest BCUT2D eigenvalue weighted by atomic mass is 16.3. The molecule has 0 aliphatic heterocycles. The van der Waals surface area contributed by atoms with Crippen LogP contribution in [0.15, 0.2) is 155 Å². The summed E-state index contributed by atoms with van der Waals surface area (Å²) in [5.41, 5.74) is 9.35. The first-order chi connectivity index (χ1) is 23.2. The summed E-state index contributed by atoms with van der Waals surface area (Å²) in [5.74, 6) is 0. The Kier molecular flexibility index (Phi) is 7.18. The molecule has 0 radical (unpaired) electrons. The molecule has 6 aromatic carbocycles. The zero-order chi connectivity index (χ0) is 31.7. The molecule has 224 valence electrons. The number of benzene rings is 6. The number of nitrogens with one attached hydrogen (secondary N) is 1. The molecule has 0 bridgehead atoms. The first kappa shape index (κ1) is 28.3. The highest BCUT2D eigenvalue weighted by Gasteiger charge is 2.18. The second kappa shape index (κ2) is 11.9. The quantitative estimate of drug-likeness (QED) is 0.184. The lowest BCUT2D eigenvalue weighted by atomic mass is 10.0. The van der Waals surface area contributed by atoms with Crippen molar-refractivity contribution in [3.63, 3.8) is 0 Å². The fourth-order valence-corrected chi connectivity index (χ4v) is 6.48. The molecule has 0 amide bonds. The van der Waals surface area contributed by atoms with E-state index in [0.717, 1.165) is 66.4 Å². The van der Waals surface area contributed by atoms with Crippen molar-refractivity contribution in [2.45, 2.75) is 6.04 Å². The number of likely N-dealkylation sites (N-methyl/N-ethyl adjacent to an activating group) is 1. The molecule has 1 N–H and O–H groups in total. The Morgan fingerprint density at radius 1 is 0.766 bits per heavy atom. The van der Waals surface area contributed by atoms with Crippen LogP contribution >= 0.6 is 0 Å². The van der Waals surface area contributed by atoms with Crippen LogP contribution in [0.25, 0.3) is 55.1 Å². The number of rotatable bonds is 7. The number of nitrogens with zero attached hydrogens (tertiary/aromatic N) is 3. The van der Waals surface area contributed by atoms with Gasteiger partial charge in [0.25, 0.3) is 0 Å². The molecule has 0 aliphatic carbocycles. The largest absolute Gasteiger partial charge is 0.454 e. The van der Waals surface area contributed by atoms with Crippen molar-refractivity contribution in [3.05, 3.63) is 168 Å². The number of hydrogen-bond acceptors (Lipinski definition) is 4. The number of furan rings is 1. The molecular weight excluding hydrogens is 576 g/mol. The molecule has 0 fully saturated rings. The van der Waals surface area contributed by atoms with Crippen LogP contribution in [0.3, 0.4) is 0 Å². The van der Waals surface area contributed by atoms with Gasteiger partial charge >= 0.3 is 0 Å². The average molecular weight is 607 g/mol. The summed E-state index contributed by atoms with van der Waals surface area (Å²) in [5, 5.41) is 17.5. The van der Waals surface area contributed by atoms with Gasteiger partial charge in [0, 0.05) is 39.0 Å². The van der Waals surface area contributed by atoms with Gasteiger partial charge in [-0.3, -0.25) is 4.99 Å². The second-order valence-electron chi connectivity index (χ2n) is 11.6. The fraction of sp³-hybridized carbons (Fsp3) is 0.0476. The summed E-state index contributed by atoms with van der Waals surface area (Å²) >= 11 is 0. The van der Waals surface area contributed by atoms with Gasteiger partial charge in [-0.2, -0.15) is 5.26 Å². The summed E-state index contributed by atoms with van der Waals surface area (Å²) in [6.45, 7) is 0. The van der Waals surface area contributed by atoms with Crippen LogP contribution in [0.1, 0.15) is 28.3 Å². The molecule has 8 rings (SSSR count). The lowest BCUT2D eigenvalue weighted by molar-refractivity contribution is 0.671. The molecular formula is C42H30N4O. The lowest BCUT2D eigenvalue weighted by Crippen LogP contribution is -2.14. The van der Waals surface area contributed by atoms with Crippen molar-refractivity contribution in [1.82, 2.24) is 9.88 Å². The Bertz CT molecular complexity index is 2510. The van der Waals surface area contributed by atoms with E-state index in [9.17, 15) is 5.26 Å². The van der Waals surface area contributed by atoms with Crippen molar-refractivity contribution in [1.29, 1.82) is 5.26 Å². The fourth-order valence-electron chi connectivity index (χ4n) is 6.48. The van der Waals surface area contributed by atoms with Gasteiger partial charge in [0.15, 0.2) is 5.58 Å². The van der Waals surface area contributed by atoms with Gasteiger partial charge in [0.1, 0.15) is 5.58 Å². The molecule has 2 heterocycles. The minimum atomic E-state index is -0.0538. The van der Waals surface area contributed by atoms with E-state index in [4.69, 9.17) is 9.41 Å². The van der Waals surface area contributed by atoms with Crippen LogP contribution in [0.2, 0.25) is 0 Å². The third-order valence-corrected chi connectivity index (χ3v) is 8.77. The number of para-hydroxylation sites is 2. The van der Waals surface area contributed by atoms with Gasteiger partial charge < -0.3 is 14.3 Å². The standard InChI is InChI=1S/C42H30N4O/c1-44-37(30-11-3-2-4-12-30)25-38(31-13-9-10-29(24-31)26-43)45-27-28-18-20-32(21-19-28)46-39-16-7-5-14-33(39)35-22-23-36-34-15-6-8-17-40(34)47-42(36)41(35)46/h2-25,27,37,44H,1H3/b38-25-,45-27+. The maximum Gasteiger partial charge on any atom is 0.160 e. The van der Waals surface area contributed by atoms with Gasteiger partial charge in [-0.05, 0) is 66.7 Å². The van der Waals surface area contributed by atoms with Crippen LogP contribution in [0, 0.1) is 11.3 Å². The summed E-state index contributed by atoms with van der Waals surface area (Å²) < 4.78 is 8.80. The van der Waals surface area contributed by atoms with Crippen LogP contribution in [-0.4, -0.2) is 17.8 Å². The Morgan fingerprint density at radius 3 is 2.32 bits per heavy atom. The summed E-state index contributed by atoms with van der Waals surface area (Å²) in [6.07, 6.45) is 3.99. The van der Waals surface area contributed by atoms with E-state index in [2.05, 4.69) is 107 Å². The Morgan fingerprint density at radius 2 is 1.51 bits per heavy atom. The van der Waals surface area contributed by atoms with E-state index in [1.165, 1.54) is 5.39 Å². The zero-order valence-corrected chi connectivity index (χ0v) is 25.8. The molecule has 0 saturated carbocycles. The molecule has 5 nitrogen and oxygen atoms in total. The third kappa shape index (κ3) is 5.07. The molecule has 1 unspecified atom stereocenters. The smallest absolute Gasteiger partial charge is 0.160 e. The first-order valence-corrected chi connectivity index (χ1v) is 15.6. The topological polar surface area (TPSA) is 66.2 Å². The highest BCUT2D eigenvalue weighted by molar-refractivity contribution is 6.21. The van der Waals surface area contributed by atoms with Crippen molar-refractivity contribution in [2.24, 2.45) is 4.99 Å². The monoisotopic (exact) mass is 606 g/mol. The van der Waals surface area contributed by atoms with Crippen molar-refractivity contribution >= 4 is 55.7 Å². The Labute approximate surface area is 272 Å².